The minimum Gasteiger partial charge on any atom is -0.493 e. The maximum absolute atomic E-state index is 13.5. The lowest BCUT2D eigenvalue weighted by Gasteiger charge is -2.41. The number of rotatable bonds is 4. The van der Waals surface area contributed by atoms with E-state index in [9.17, 15) is 9.59 Å². The van der Waals surface area contributed by atoms with Crippen molar-refractivity contribution in [2.45, 2.75) is 51.1 Å². The SMILES string of the molecule is COC(=O)C1=C(c2cccc(OC)c2OC)C[C@@H]2CC[C@H]1N2C(=O)N1CCC(C)CC1. The van der Waals surface area contributed by atoms with Crippen LogP contribution in [0.2, 0.25) is 0 Å². The number of esters is 1. The van der Waals surface area contributed by atoms with Crippen molar-refractivity contribution in [3.8, 4) is 11.5 Å². The van der Waals surface area contributed by atoms with Crippen LogP contribution >= 0.6 is 0 Å². The maximum atomic E-state index is 13.5. The monoisotopic (exact) mass is 428 g/mol. The fraction of sp³-hybridized carbons (Fsp3) is 0.583. The summed E-state index contributed by atoms with van der Waals surface area (Å²) in [5.74, 6) is 1.49. The normalized spacial score (nSPS) is 23.7. The number of hydrogen-bond acceptors (Lipinski definition) is 5. The zero-order valence-electron chi connectivity index (χ0n) is 18.8. The Bertz CT molecular complexity index is 888. The average molecular weight is 429 g/mol. The molecule has 3 aliphatic heterocycles. The molecular weight excluding hydrogens is 396 g/mol. The van der Waals surface area contributed by atoms with Gasteiger partial charge in [-0.15, -0.1) is 0 Å². The van der Waals surface area contributed by atoms with E-state index >= 15 is 0 Å². The number of benzene rings is 1. The molecule has 7 nitrogen and oxygen atoms in total. The Balaban J connectivity index is 1.75. The highest BCUT2D eigenvalue weighted by Crippen LogP contribution is 2.47. The summed E-state index contributed by atoms with van der Waals surface area (Å²) in [6.07, 6.45) is 4.29. The summed E-state index contributed by atoms with van der Waals surface area (Å²) in [6.45, 7) is 3.80. The first-order chi connectivity index (χ1) is 15.0. The number of carbonyl (C=O) groups excluding carboxylic acids is 2. The van der Waals surface area contributed by atoms with Crippen LogP contribution in [0.1, 0.15) is 44.6 Å². The summed E-state index contributed by atoms with van der Waals surface area (Å²) >= 11 is 0. The quantitative estimate of drug-likeness (QED) is 0.684. The molecule has 2 amide bonds. The average Bonchev–Trinajstić information content (AvgIpc) is 3.11. The largest absolute Gasteiger partial charge is 0.493 e. The summed E-state index contributed by atoms with van der Waals surface area (Å²) in [5.41, 5.74) is 2.30. The van der Waals surface area contributed by atoms with Crippen LogP contribution in [0, 0.1) is 5.92 Å². The van der Waals surface area contributed by atoms with Crippen molar-refractivity contribution >= 4 is 17.6 Å². The highest BCUT2D eigenvalue weighted by Gasteiger charge is 2.48. The first-order valence-corrected chi connectivity index (χ1v) is 11.1. The minimum absolute atomic E-state index is 0.0532. The number of urea groups is 1. The van der Waals surface area contributed by atoms with Crippen molar-refractivity contribution in [3.63, 3.8) is 0 Å². The summed E-state index contributed by atoms with van der Waals surface area (Å²) in [5, 5.41) is 0. The Morgan fingerprint density at radius 2 is 1.74 bits per heavy atom. The van der Waals surface area contributed by atoms with Gasteiger partial charge in [0.25, 0.3) is 0 Å². The molecule has 4 rings (SSSR count). The van der Waals surface area contributed by atoms with Crippen LogP contribution in [0.4, 0.5) is 4.79 Å². The number of piperidine rings is 1. The Hall–Kier alpha value is -2.70. The van der Waals surface area contributed by atoms with E-state index in [0.29, 0.717) is 29.4 Å². The Labute approximate surface area is 183 Å². The minimum atomic E-state index is -0.379. The summed E-state index contributed by atoms with van der Waals surface area (Å²) < 4.78 is 16.3. The van der Waals surface area contributed by atoms with Gasteiger partial charge in [0.1, 0.15) is 0 Å². The number of hydrogen-bond donors (Lipinski definition) is 0. The van der Waals surface area contributed by atoms with Crippen LogP contribution in [0.15, 0.2) is 23.8 Å². The zero-order chi connectivity index (χ0) is 22.1. The molecule has 0 radical (unpaired) electrons. The number of methoxy groups -OCH3 is 3. The number of carbonyl (C=O) groups is 2. The van der Waals surface area contributed by atoms with E-state index in [4.69, 9.17) is 14.2 Å². The highest BCUT2D eigenvalue weighted by atomic mass is 16.5. The fourth-order valence-corrected chi connectivity index (χ4v) is 5.32. The van der Waals surface area contributed by atoms with Gasteiger partial charge in [-0.25, -0.2) is 9.59 Å². The Morgan fingerprint density at radius 3 is 2.39 bits per heavy atom. The second-order valence-corrected chi connectivity index (χ2v) is 8.74. The van der Waals surface area contributed by atoms with Crippen LogP contribution in [0.25, 0.3) is 5.57 Å². The van der Waals surface area contributed by atoms with Crippen molar-refractivity contribution in [3.05, 3.63) is 29.3 Å². The third kappa shape index (κ3) is 3.75. The number of para-hydroxylation sites is 1. The van der Waals surface area contributed by atoms with Crippen molar-refractivity contribution in [2.24, 2.45) is 5.92 Å². The Kier molecular flexibility index (Phi) is 6.12. The highest BCUT2D eigenvalue weighted by molar-refractivity contribution is 6.01. The lowest BCUT2D eigenvalue weighted by molar-refractivity contribution is -0.136. The van der Waals surface area contributed by atoms with E-state index in [1.807, 2.05) is 28.0 Å². The van der Waals surface area contributed by atoms with Crippen LogP contribution in [0.5, 0.6) is 11.5 Å². The van der Waals surface area contributed by atoms with Crippen LogP contribution in [-0.2, 0) is 9.53 Å². The molecule has 7 heteroatoms. The molecule has 2 fully saturated rings. The lowest BCUT2D eigenvalue weighted by atomic mass is 9.87. The van der Waals surface area contributed by atoms with E-state index in [1.54, 1.807) is 14.2 Å². The van der Waals surface area contributed by atoms with Gasteiger partial charge in [0.15, 0.2) is 11.5 Å². The number of amides is 2. The maximum Gasteiger partial charge on any atom is 0.336 e. The van der Waals surface area contributed by atoms with Gasteiger partial charge < -0.3 is 24.0 Å². The summed E-state index contributed by atoms with van der Waals surface area (Å²) in [7, 11) is 4.60. The molecule has 1 aromatic rings. The van der Waals surface area contributed by atoms with Gasteiger partial charge in [-0.2, -0.15) is 0 Å². The van der Waals surface area contributed by atoms with E-state index in [2.05, 4.69) is 6.92 Å². The molecule has 168 valence electrons. The van der Waals surface area contributed by atoms with Gasteiger partial charge in [0.2, 0.25) is 0 Å². The molecule has 0 aromatic heterocycles. The molecule has 3 heterocycles. The Morgan fingerprint density at radius 1 is 1.00 bits per heavy atom. The molecule has 2 bridgehead atoms. The molecule has 0 aliphatic carbocycles. The first kappa shape index (κ1) is 21.5. The molecule has 3 aliphatic rings. The molecule has 0 unspecified atom stereocenters. The van der Waals surface area contributed by atoms with E-state index in [0.717, 1.165) is 49.9 Å². The van der Waals surface area contributed by atoms with Crippen molar-refractivity contribution < 1.29 is 23.8 Å². The topological polar surface area (TPSA) is 68.3 Å². The molecule has 0 saturated carbocycles. The second kappa shape index (κ2) is 8.81. The number of likely N-dealkylation sites (tertiary alicyclic amines) is 1. The van der Waals surface area contributed by atoms with E-state index in [-0.39, 0.29) is 24.1 Å². The second-order valence-electron chi connectivity index (χ2n) is 8.74. The van der Waals surface area contributed by atoms with Gasteiger partial charge >= 0.3 is 12.0 Å². The predicted molar refractivity (Wildman–Crippen MR) is 117 cm³/mol. The van der Waals surface area contributed by atoms with E-state index in [1.165, 1.54) is 7.11 Å². The molecule has 2 atom stereocenters. The predicted octanol–water partition coefficient (Wildman–Crippen LogP) is 3.72. The first-order valence-electron chi connectivity index (χ1n) is 11.1. The molecular formula is C24H32N2O5. The molecule has 31 heavy (non-hydrogen) atoms. The standard InChI is InChI=1S/C24H32N2O5/c1-15-10-12-25(13-11-15)24(28)26-16-8-9-19(26)21(23(27)31-4)18(14-16)17-6-5-7-20(29-2)22(17)30-3/h5-7,15-16,19H,8-14H2,1-4H3/t16-,19+/m0/s1. The third-order valence-electron chi connectivity index (χ3n) is 7.01. The van der Waals surface area contributed by atoms with Crippen LogP contribution < -0.4 is 9.47 Å². The summed E-state index contributed by atoms with van der Waals surface area (Å²) in [6, 6.07) is 5.53. The summed E-state index contributed by atoms with van der Waals surface area (Å²) in [4.78, 5) is 30.4. The van der Waals surface area contributed by atoms with Crippen molar-refractivity contribution in [1.82, 2.24) is 9.80 Å². The van der Waals surface area contributed by atoms with Crippen molar-refractivity contribution in [1.29, 1.82) is 0 Å². The zero-order valence-corrected chi connectivity index (χ0v) is 18.8. The van der Waals surface area contributed by atoms with Gasteiger partial charge in [0.05, 0.1) is 32.9 Å². The number of fused-ring (bicyclic) bond motifs is 2. The fourth-order valence-electron chi connectivity index (χ4n) is 5.32. The number of ether oxygens (including phenoxy) is 3. The van der Waals surface area contributed by atoms with Crippen molar-refractivity contribution in [2.75, 3.05) is 34.4 Å². The molecule has 0 N–H and O–H groups in total. The molecule has 2 saturated heterocycles. The van der Waals surface area contributed by atoms with Gasteiger partial charge in [-0.05, 0) is 49.7 Å². The molecule has 0 spiro atoms. The van der Waals surface area contributed by atoms with E-state index < -0.39 is 0 Å². The van der Waals surface area contributed by atoms with Crippen LogP contribution in [-0.4, -0.2) is 68.3 Å². The van der Waals surface area contributed by atoms with Crippen LogP contribution in [0.3, 0.4) is 0 Å². The molecule has 1 aromatic carbocycles. The third-order valence-corrected chi connectivity index (χ3v) is 7.01. The van der Waals surface area contributed by atoms with Gasteiger partial charge in [-0.3, -0.25) is 0 Å². The van der Waals surface area contributed by atoms with Gasteiger partial charge in [-0.1, -0.05) is 19.1 Å². The number of nitrogens with zero attached hydrogens (tertiary/aromatic N) is 2. The van der Waals surface area contributed by atoms with Gasteiger partial charge in [0, 0.05) is 24.7 Å². The smallest absolute Gasteiger partial charge is 0.336 e. The lowest BCUT2D eigenvalue weighted by Crippen LogP contribution is -2.53.